The summed E-state index contributed by atoms with van der Waals surface area (Å²) in [7, 11) is 0. The summed E-state index contributed by atoms with van der Waals surface area (Å²) < 4.78 is 35.6. The van der Waals surface area contributed by atoms with E-state index in [1.165, 1.54) is 5.57 Å². The lowest BCUT2D eigenvalue weighted by atomic mass is 9.33. The molecule has 17 heteroatoms. The van der Waals surface area contributed by atoms with Crippen molar-refractivity contribution in [3.63, 3.8) is 0 Å². The number of allylic oxidation sites excluding steroid dienone is 2. The minimum atomic E-state index is -1.72. The molecule has 0 aromatic carbocycles. The van der Waals surface area contributed by atoms with Crippen LogP contribution in [-0.4, -0.2) is 169 Å². The molecule has 0 amide bonds. The molecule has 7 fully saturated rings. The SMILES string of the molecule is C[C@H]1[C@H](C)CC[C@]2(C(=O)O[C@@H]3O[C@H](CO)[C@@H](O)[C@H](O)[C@H]3O)CC[C@]3(C)C(=CC[C@@H]4[C@@]5(C)CC[C@H](O[C@@H]6OC[C@H](O)[C@H](O[C@@H]7O[C@H](CO)[C@@H](O)[C@H](O)[C@H]7O)[C@H]6O)C(C)(C)[C@@H]5CC[C@]43C)[C@H]12. The molecule has 0 aromatic heterocycles. The third-order valence-electron chi connectivity index (χ3n) is 19.3. The zero-order valence-corrected chi connectivity index (χ0v) is 38.4. The Morgan fingerprint density at radius 3 is 1.95 bits per heavy atom. The smallest absolute Gasteiger partial charge is 0.315 e. The number of aliphatic hydroxyl groups is 10. The number of ether oxygens (including phenoxy) is 6. The first-order chi connectivity index (χ1) is 30.0. The Labute approximate surface area is 376 Å². The summed E-state index contributed by atoms with van der Waals surface area (Å²) in [6.07, 6.45) is -11.6. The summed E-state index contributed by atoms with van der Waals surface area (Å²) in [5.74, 6) is 0.445. The maximum Gasteiger partial charge on any atom is 0.315 e. The molecular formula is C47H76O17. The highest BCUT2D eigenvalue weighted by Gasteiger charge is 2.70. The van der Waals surface area contributed by atoms with Gasteiger partial charge in [0.25, 0.3) is 0 Å². The van der Waals surface area contributed by atoms with E-state index in [4.69, 9.17) is 28.4 Å². The molecule has 8 aliphatic rings. The van der Waals surface area contributed by atoms with Crippen molar-refractivity contribution in [1.29, 1.82) is 0 Å². The molecule has 8 rings (SSSR count). The third-order valence-corrected chi connectivity index (χ3v) is 19.3. The van der Waals surface area contributed by atoms with Gasteiger partial charge < -0.3 is 79.5 Å². The van der Waals surface area contributed by atoms with Gasteiger partial charge >= 0.3 is 5.97 Å². The third kappa shape index (κ3) is 7.40. The molecule has 0 spiro atoms. The molecule has 64 heavy (non-hydrogen) atoms. The second-order valence-electron chi connectivity index (χ2n) is 22.4. The van der Waals surface area contributed by atoms with Crippen LogP contribution in [0.1, 0.15) is 106 Å². The van der Waals surface area contributed by atoms with E-state index in [9.17, 15) is 55.9 Å². The van der Waals surface area contributed by atoms with Crippen LogP contribution in [0.4, 0.5) is 0 Å². The highest BCUT2D eigenvalue weighted by molar-refractivity contribution is 5.79. The van der Waals surface area contributed by atoms with Gasteiger partial charge in [0.1, 0.15) is 67.1 Å². The number of hydrogen-bond acceptors (Lipinski definition) is 17. The lowest BCUT2D eigenvalue weighted by molar-refractivity contribution is -0.357. The van der Waals surface area contributed by atoms with Crippen molar-refractivity contribution >= 4 is 5.97 Å². The van der Waals surface area contributed by atoms with E-state index >= 15 is 0 Å². The van der Waals surface area contributed by atoms with E-state index in [2.05, 4.69) is 54.5 Å². The van der Waals surface area contributed by atoms with Gasteiger partial charge in [-0.15, -0.1) is 0 Å². The molecule has 0 unspecified atom stereocenters. The molecular weight excluding hydrogens is 836 g/mol. The first-order valence-corrected chi connectivity index (χ1v) is 23.8. The predicted molar refractivity (Wildman–Crippen MR) is 224 cm³/mol. The van der Waals surface area contributed by atoms with Crippen LogP contribution in [-0.2, 0) is 33.2 Å². The van der Waals surface area contributed by atoms with E-state index < -0.39 is 111 Å². The van der Waals surface area contributed by atoms with Crippen LogP contribution in [0.2, 0.25) is 0 Å². The van der Waals surface area contributed by atoms with Crippen molar-refractivity contribution in [2.75, 3.05) is 19.8 Å². The maximum absolute atomic E-state index is 14.7. The lowest BCUT2D eigenvalue weighted by Crippen LogP contribution is -2.66. The normalized spacial score (nSPS) is 54.9. The van der Waals surface area contributed by atoms with Gasteiger partial charge in [-0.25, -0.2) is 0 Å². The Hall–Kier alpha value is -1.39. The predicted octanol–water partition coefficient (Wildman–Crippen LogP) is 0.636. The number of hydrogen-bond donors (Lipinski definition) is 10. The van der Waals surface area contributed by atoms with E-state index in [-0.39, 0.29) is 52.1 Å². The number of carbonyl (C=O) groups excluding carboxylic acids is 1. The lowest BCUT2D eigenvalue weighted by Gasteiger charge is -2.71. The van der Waals surface area contributed by atoms with Crippen molar-refractivity contribution in [3.8, 4) is 0 Å². The molecule has 0 radical (unpaired) electrons. The maximum atomic E-state index is 14.7. The first-order valence-electron chi connectivity index (χ1n) is 23.8. The summed E-state index contributed by atoms with van der Waals surface area (Å²) in [5.41, 5.74) is -0.394. The average Bonchev–Trinajstić information content (AvgIpc) is 3.25. The second-order valence-corrected chi connectivity index (χ2v) is 22.4. The van der Waals surface area contributed by atoms with Gasteiger partial charge in [-0.2, -0.15) is 0 Å². The van der Waals surface area contributed by atoms with E-state index in [1.54, 1.807) is 0 Å². The van der Waals surface area contributed by atoms with Crippen LogP contribution in [0.5, 0.6) is 0 Å². The number of rotatable bonds is 8. The fourth-order valence-corrected chi connectivity index (χ4v) is 15.0. The van der Waals surface area contributed by atoms with E-state index in [0.29, 0.717) is 31.1 Å². The van der Waals surface area contributed by atoms with Gasteiger partial charge in [0.15, 0.2) is 12.6 Å². The standard InChI is InChI=1S/C47H76O17/c1-21-10-15-47(42(58)64-41-36(56)34(54)32(52)26(19-49)61-41)17-16-45(6)23(30(47)22(21)2)8-9-28-44(5)13-12-29(43(3,4)27(44)11-14-46(28,45)7)62-39-37(57)38(24(50)20-59-39)63-40-35(55)33(53)31(51)25(18-48)60-40/h8,21-22,24-41,48-57H,9-20H2,1-7H3/t21-,22+,24+,25-,26-,27+,28-,29+,30+,31-,32-,33+,34+,35-,36-,37-,38+,39+,40+,41+,44+,45-,46-,47+/m1/s1. The number of carbonyl (C=O) groups is 1. The van der Waals surface area contributed by atoms with Crippen LogP contribution in [0.25, 0.3) is 0 Å². The van der Waals surface area contributed by atoms with Crippen LogP contribution >= 0.6 is 0 Å². The molecule has 366 valence electrons. The molecule has 17 nitrogen and oxygen atoms in total. The number of esters is 1. The average molecular weight is 913 g/mol. The summed E-state index contributed by atoms with van der Waals surface area (Å²) in [6, 6.07) is 0. The summed E-state index contributed by atoms with van der Waals surface area (Å²) in [5, 5.41) is 105. The first kappa shape index (κ1) is 49.0. The van der Waals surface area contributed by atoms with Crippen molar-refractivity contribution in [2.24, 2.45) is 56.7 Å². The Morgan fingerprint density at radius 1 is 0.688 bits per heavy atom. The molecule has 24 atom stereocenters. The zero-order valence-electron chi connectivity index (χ0n) is 38.4. The van der Waals surface area contributed by atoms with Crippen LogP contribution in [0.3, 0.4) is 0 Å². The van der Waals surface area contributed by atoms with Crippen molar-refractivity contribution in [2.45, 2.75) is 198 Å². The fraction of sp³-hybridized carbons (Fsp3) is 0.936. The molecule has 3 heterocycles. The van der Waals surface area contributed by atoms with Crippen molar-refractivity contribution in [1.82, 2.24) is 0 Å². The zero-order chi connectivity index (χ0) is 46.6. The quantitative estimate of drug-likeness (QED) is 0.0909. The van der Waals surface area contributed by atoms with E-state index in [0.717, 1.165) is 38.5 Å². The summed E-state index contributed by atoms with van der Waals surface area (Å²) in [4.78, 5) is 14.7. The molecule has 3 saturated heterocycles. The highest BCUT2D eigenvalue weighted by atomic mass is 16.7. The Balaban J connectivity index is 1.01. The molecule has 0 bridgehead atoms. The topological polar surface area (TPSA) is 275 Å². The van der Waals surface area contributed by atoms with Crippen molar-refractivity contribution < 1.29 is 84.3 Å². The van der Waals surface area contributed by atoms with Gasteiger partial charge in [-0.1, -0.05) is 60.1 Å². The molecule has 4 saturated carbocycles. The fourth-order valence-electron chi connectivity index (χ4n) is 15.0. The van der Waals surface area contributed by atoms with Gasteiger partial charge in [-0.05, 0) is 109 Å². The Morgan fingerprint density at radius 2 is 1.31 bits per heavy atom. The van der Waals surface area contributed by atoms with Gasteiger partial charge in [0.05, 0.1) is 31.3 Å². The van der Waals surface area contributed by atoms with Gasteiger partial charge in [-0.3, -0.25) is 4.79 Å². The Kier molecular flexibility index (Phi) is 13.4. The van der Waals surface area contributed by atoms with Gasteiger partial charge in [0.2, 0.25) is 6.29 Å². The van der Waals surface area contributed by atoms with Crippen molar-refractivity contribution in [3.05, 3.63) is 11.6 Å². The minimum Gasteiger partial charge on any atom is -0.432 e. The molecule has 0 aromatic rings. The second kappa shape index (κ2) is 17.5. The minimum absolute atomic E-state index is 0.0968. The van der Waals surface area contributed by atoms with Crippen LogP contribution < -0.4 is 0 Å². The van der Waals surface area contributed by atoms with Gasteiger partial charge in [0, 0.05) is 0 Å². The van der Waals surface area contributed by atoms with Crippen LogP contribution in [0.15, 0.2) is 11.6 Å². The highest BCUT2D eigenvalue weighted by Crippen LogP contribution is 2.76. The molecule has 10 N–H and O–H groups in total. The van der Waals surface area contributed by atoms with E-state index in [1.807, 2.05) is 0 Å². The molecule has 3 aliphatic heterocycles. The molecule has 5 aliphatic carbocycles. The largest absolute Gasteiger partial charge is 0.432 e. The number of aliphatic hydroxyl groups excluding tert-OH is 10. The number of fused-ring (bicyclic) bond motifs is 7. The summed E-state index contributed by atoms with van der Waals surface area (Å²) >= 11 is 0. The monoisotopic (exact) mass is 913 g/mol. The van der Waals surface area contributed by atoms with Crippen LogP contribution in [0, 0.1) is 56.7 Å². The summed E-state index contributed by atoms with van der Waals surface area (Å²) in [6.45, 7) is 14.7. The Bertz CT molecular complexity index is 1730.